The molecule has 102 valence electrons. The van der Waals surface area contributed by atoms with Gasteiger partial charge in [0.25, 0.3) is 0 Å². The van der Waals surface area contributed by atoms with Crippen molar-refractivity contribution < 1.29 is 0 Å². The second kappa shape index (κ2) is 8.93. The van der Waals surface area contributed by atoms with Crippen molar-refractivity contribution >= 4 is 0 Å². The molecule has 1 heterocycles. The van der Waals surface area contributed by atoms with Gasteiger partial charge in [-0.1, -0.05) is 33.1 Å². The van der Waals surface area contributed by atoms with E-state index in [0.29, 0.717) is 6.04 Å². The summed E-state index contributed by atoms with van der Waals surface area (Å²) in [6, 6.07) is 2.18. The maximum atomic E-state index is 3.84. The molecule has 2 N–H and O–H groups in total. The molecule has 1 rings (SSSR count). The molecule has 3 unspecified atom stereocenters. The zero-order valence-electron chi connectivity index (χ0n) is 12.1. The summed E-state index contributed by atoms with van der Waals surface area (Å²) in [5, 5.41) is 7.44. The fourth-order valence-electron chi connectivity index (χ4n) is 2.97. The van der Waals surface area contributed by atoms with E-state index in [-0.39, 0.29) is 0 Å². The van der Waals surface area contributed by atoms with Crippen molar-refractivity contribution in [3.63, 3.8) is 0 Å². The Labute approximate surface area is 108 Å². The van der Waals surface area contributed by atoms with E-state index in [0.717, 1.165) is 12.1 Å². The standard InChI is InChI=1S/C15H32N2/c1-4-6-9-14(8-5-2)17-13(3)12-15-10-7-11-16-15/h13-17H,4-12H2,1-3H3. The Morgan fingerprint density at radius 3 is 2.65 bits per heavy atom. The zero-order valence-corrected chi connectivity index (χ0v) is 12.1. The van der Waals surface area contributed by atoms with Crippen molar-refractivity contribution in [3.8, 4) is 0 Å². The lowest BCUT2D eigenvalue weighted by molar-refractivity contribution is 0.357. The smallest absolute Gasteiger partial charge is 0.00822 e. The van der Waals surface area contributed by atoms with E-state index in [4.69, 9.17) is 0 Å². The second-order valence-electron chi connectivity index (χ2n) is 5.72. The van der Waals surface area contributed by atoms with E-state index >= 15 is 0 Å². The highest BCUT2D eigenvalue weighted by molar-refractivity contribution is 4.80. The van der Waals surface area contributed by atoms with Crippen LogP contribution in [0, 0.1) is 0 Å². The lowest BCUT2D eigenvalue weighted by atomic mass is 10.0. The summed E-state index contributed by atoms with van der Waals surface area (Å²) < 4.78 is 0. The molecule has 1 aliphatic rings. The van der Waals surface area contributed by atoms with Crippen LogP contribution in [0.25, 0.3) is 0 Å². The van der Waals surface area contributed by atoms with Gasteiger partial charge in [0.1, 0.15) is 0 Å². The molecule has 2 heteroatoms. The van der Waals surface area contributed by atoms with Gasteiger partial charge in [0, 0.05) is 18.1 Å². The minimum atomic E-state index is 0.666. The first-order chi connectivity index (χ1) is 8.26. The van der Waals surface area contributed by atoms with Crippen LogP contribution >= 0.6 is 0 Å². The number of rotatable bonds is 9. The monoisotopic (exact) mass is 240 g/mol. The van der Waals surface area contributed by atoms with E-state index in [1.807, 2.05) is 0 Å². The van der Waals surface area contributed by atoms with Crippen LogP contribution in [-0.2, 0) is 0 Å². The molecule has 2 nitrogen and oxygen atoms in total. The first-order valence-corrected chi connectivity index (χ1v) is 7.75. The Balaban J connectivity index is 2.21. The van der Waals surface area contributed by atoms with Crippen LogP contribution in [0.2, 0.25) is 0 Å². The molecule has 0 radical (unpaired) electrons. The average molecular weight is 240 g/mol. The topological polar surface area (TPSA) is 24.1 Å². The van der Waals surface area contributed by atoms with Crippen LogP contribution in [0.5, 0.6) is 0 Å². The fraction of sp³-hybridized carbons (Fsp3) is 1.00. The van der Waals surface area contributed by atoms with Gasteiger partial charge >= 0.3 is 0 Å². The molecule has 0 saturated carbocycles. The van der Waals surface area contributed by atoms with Gasteiger partial charge in [-0.25, -0.2) is 0 Å². The first kappa shape index (κ1) is 15.0. The predicted octanol–water partition coefficient (Wildman–Crippen LogP) is 3.47. The molecule has 0 amide bonds. The lowest BCUT2D eigenvalue weighted by Gasteiger charge is -2.25. The Bertz CT molecular complexity index is 176. The van der Waals surface area contributed by atoms with Crippen molar-refractivity contribution in [1.82, 2.24) is 10.6 Å². The minimum Gasteiger partial charge on any atom is -0.314 e. The van der Waals surface area contributed by atoms with Crippen LogP contribution in [0.15, 0.2) is 0 Å². The predicted molar refractivity (Wildman–Crippen MR) is 76.5 cm³/mol. The van der Waals surface area contributed by atoms with E-state index in [1.54, 1.807) is 0 Å². The third-order valence-corrected chi connectivity index (χ3v) is 3.86. The highest BCUT2D eigenvalue weighted by atomic mass is 15.0. The van der Waals surface area contributed by atoms with Crippen LogP contribution in [0.3, 0.4) is 0 Å². The third-order valence-electron chi connectivity index (χ3n) is 3.86. The minimum absolute atomic E-state index is 0.666. The molecular weight excluding hydrogens is 208 g/mol. The Morgan fingerprint density at radius 2 is 2.06 bits per heavy atom. The third kappa shape index (κ3) is 6.42. The van der Waals surface area contributed by atoms with Crippen molar-refractivity contribution in [1.29, 1.82) is 0 Å². The van der Waals surface area contributed by atoms with Gasteiger partial charge in [0.05, 0.1) is 0 Å². The second-order valence-corrected chi connectivity index (χ2v) is 5.72. The summed E-state index contributed by atoms with van der Waals surface area (Å²) in [7, 11) is 0. The molecule has 0 aromatic heterocycles. The lowest BCUT2D eigenvalue weighted by Crippen LogP contribution is -2.40. The van der Waals surface area contributed by atoms with Crippen LogP contribution in [-0.4, -0.2) is 24.7 Å². The number of hydrogen-bond donors (Lipinski definition) is 2. The largest absolute Gasteiger partial charge is 0.314 e. The number of hydrogen-bond acceptors (Lipinski definition) is 2. The van der Waals surface area contributed by atoms with Gasteiger partial charge in [-0.15, -0.1) is 0 Å². The van der Waals surface area contributed by atoms with E-state index < -0.39 is 0 Å². The summed E-state index contributed by atoms with van der Waals surface area (Å²) in [6.07, 6.45) is 10.7. The van der Waals surface area contributed by atoms with Crippen molar-refractivity contribution in [2.45, 2.75) is 90.3 Å². The summed E-state index contributed by atoms with van der Waals surface area (Å²) in [6.45, 7) is 8.17. The first-order valence-electron chi connectivity index (χ1n) is 7.75. The molecule has 1 fully saturated rings. The quantitative estimate of drug-likeness (QED) is 0.645. The summed E-state index contributed by atoms with van der Waals surface area (Å²) in [5.74, 6) is 0. The van der Waals surface area contributed by atoms with Crippen LogP contribution in [0.4, 0.5) is 0 Å². The molecule has 0 aromatic carbocycles. The van der Waals surface area contributed by atoms with Gasteiger partial charge in [-0.3, -0.25) is 0 Å². The Hall–Kier alpha value is -0.0800. The maximum absolute atomic E-state index is 3.84. The number of unbranched alkanes of at least 4 members (excludes halogenated alkanes) is 1. The molecule has 3 atom stereocenters. The summed E-state index contributed by atoms with van der Waals surface area (Å²) >= 11 is 0. The molecular formula is C15H32N2. The molecule has 0 bridgehead atoms. The van der Waals surface area contributed by atoms with Crippen LogP contribution in [0.1, 0.15) is 72.1 Å². The number of nitrogens with one attached hydrogen (secondary N) is 2. The maximum Gasteiger partial charge on any atom is 0.00822 e. The molecule has 1 saturated heterocycles. The molecule has 17 heavy (non-hydrogen) atoms. The van der Waals surface area contributed by atoms with Gasteiger partial charge in [0.15, 0.2) is 0 Å². The van der Waals surface area contributed by atoms with Crippen molar-refractivity contribution in [2.75, 3.05) is 6.54 Å². The summed E-state index contributed by atoms with van der Waals surface area (Å²) in [5.41, 5.74) is 0. The van der Waals surface area contributed by atoms with Crippen LogP contribution < -0.4 is 10.6 Å². The van der Waals surface area contributed by atoms with E-state index in [9.17, 15) is 0 Å². The normalized spacial score (nSPS) is 23.8. The fourth-order valence-corrected chi connectivity index (χ4v) is 2.97. The van der Waals surface area contributed by atoms with Gasteiger partial charge in [-0.05, 0) is 45.6 Å². The van der Waals surface area contributed by atoms with E-state index in [2.05, 4.69) is 31.4 Å². The van der Waals surface area contributed by atoms with Crippen molar-refractivity contribution in [3.05, 3.63) is 0 Å². The van der Waals surface area contributed by atoms with E-state index in [1.165, 1.54) is 57.9 Å². The highest BCUT2D eigenvalue weighted by Crippen LogP contribution is 2.13. The molecule has 0 aromatic rings. The highest BCUT2D eigenvalue weighted by Gasteiger charge is 2.18. The SMILES string of the molecule is CCCCC(CCC)NC(C)CC1CCCN1. The van der Waals surface area contributed by atoms with Crippen molar-refractivity contribution in [2.24, 2.45) is 0 Å². The Morgan fingerprint density at radius 1 is 1.24 bits per heavy atom. The summed E-state index contributed by atoms with van der Waals surface area (Å²) in [4.78, 5) is 0. The molecule has 0 spiro atoms. The van der Waals surface area contributed by atoms with Gasteiger partial charge in [0.2, 0.25) is 0 Å². The Kier molecular flexibility index (Phi) is 7.87. The van der Waals surface area contributed by atoms with Gasteiger partial charge in [-0.2, -0.15) is 0 Å². The average Bonchev–Trinajstić information content (AvgIpc) is 2.78. The van der Waals surface area contributed by atoms with Gasteiger partial charge < -0.3 is 10.6 Å². The molecule has 1 aliphatic heterocycles. The zero-order chi connectivity index (χ0) is 12.5. The molecule has 0 aliphatic carbocycles.